The van der Waals surface area contributed by atoms with Gasteiger partial charge in [0.1, 0.15) is 5.75 Å². The van der Waals surface area contributed by atoms with Crippen LogP contribution in [0.1, 0.15) is 43.4 Å². The van der Waals surface area contributed by atoms with Gasteiger partial charge < -0.3 is 15.4 Å². The van der Waals surface area contributed by atoms with Crippen LogP contribution in [0.15, 0.2) is 18.2 Å². The molecule has 4 nitrogen and oxygen atoms in total. The van der Waals surface area contributed by atoms with Crippen LogP contribution in [0.5, 0.6) is 5.75 Å². The van der Waals surface area contributed by atoms with E-state index in [1.165, 1.54) is 11.1 Å². The van der Waals surface area contributed by atoms with Crippen molar-refractivity contribution >= 4 is 5.91 Å². The molecule has 0 heterocycles. The fourth-order valence-electron chi connectivity index (χ4n) is 2.77. The molecule has 0 spiro atoms. The summed E-state index contributed by atoms with van der Waals surface area (Å²) in [5.74, 6) is 0.778. The van der Waals surface area contributed by atoms with Crippen LogP contribution in [0.3, 0.4) is 0 Å². The van der Waals surface area contributed by atoms with Gasteiger partial charge >= 0.3 is 0 Å². The fourth-order valence-corrected chi connectivity index (χ4v) is 2.77. The van der Waals surface area contributed by atoms with Crippen molar-refractivity contribution in [2.45, 2.75) is 50.8 Å². The minimum atomic E-state index is -0.435. The third-order valence-corrected chi connectivity index (χ3v) is 4.15. The predicted molar refractivity (Wildman–Crippen MR) is 77.8 cm³/mol. The standard InChI is InChI=1S/C16H22N2O2/c1-10(16(19)18-12-4-5-12)20-13-6-7-14-11(9-13)3-8-15(14)17-2/h6-7,9-10,12,15,17H,3-5,8H2,1-2H3,(H,18,19). The van der Waals surface area contributed by atoms with E-state index in [9.17, 15) is 4.79 Å². The normalized spacial score (nSPS) is 22.2. The number of carbonyl (C=O) groups excluding carboxylic acids is 1. The molecule has 2 aliphatic carbocycles. The number of amides is 1. The Kier molecular flexibility index (Phi) is 3.66. The molecular formula is C16H22N2O2. The molecule has 1 fully saturated rings. The largest absolute Gasteiger partial charge is 0.481 e. The second-order valence-electron chi connectivity index (χ2n) is 5.78. The molecule has 108 valence electrons. The summed E-state index contributed by atoms with van der Waals surface area (Å²) in [6.45, 7) is 1.81. The molecule has 1 aromatic carbocycles. The molecule has 1 amide bonds. The van der Waals surface area contributed by atoms with Gasteiger partial charge in [-0.1, -0.05) is 6.07 Å². The van der Waals surface area contributed by atoms with E-state index in [4.69, 9.17) is 4.74 Å². The topological polar surface area (TPSA) is 50.4 Å². The van der Waals surface area contributed by atoms with Crippen LogP contribution in [0.4, 0.5) is 0 Å². The molecule has 3 rings (SSSR count). The summed E-state index contributed by atoms with van der Waals surface area (Å²) in [6, 6.07) is 6.99. The molecule has 20 heavy (non-hydrogen) atoms. The molecule has 0 aliphatic heterocycles. The lowest BCUT2D eigenvalue weighted by molar-refractivity contribution is -0.127. The van der Waals surface area contributed by atoms with Crippen molar-refractivity contribution < 1.29 is 9.53 Å². The van der Waals surface area contributed by atoms with Gasteiger partial charge in [0, 0.05) is 12.1 Å². The van der Waals surface area contributed by atoms with Crippen LogP contribution in [-0.2, 0) is 11.2 Å². The quantitative estimate of drug-likeness (QED) is 0.862. The molecular weight excluding hydrogens is 252 g/mol. The summed E-state index contributed by atoms with van der Waals surface area (Å²) in [4.78, 5) is 11.9. The van der Waals surface area contributed by atoms with E-state index >= 15 is 0 Å². The third kappa shape index (κ3) is 2.80. The molecule has 1 saturated carbocycles. The van der Waals surface area contributed by atoms with E-state index in [0.717, 1.165) is 31.4 Å². The van der Waals surface area contributed by atoms with Crippen LogP contribution in [0, 0.1) is 0 Å². The van der Waals surface area contributed by atoms with Crippen LogP contribution < -0.4 is 15.4 Å². The summed E-state index contributed by atoms with van der Waals surface area (Å²) in [7, 11) is 1.99. The number of carbonyl (C=O) groups is 1. The van der Waals surface area contributed by atoms with E-state index in [1.54, 1.807) is 6.92 Å². The number of fused-ring (bicyclic) bond motifs is 1. The van der Waals surface area contributed by atoms with Gasteiger partial charge in [-0.15, -0.1) is 0 Å². The van der Waals surface area contributed by atoms with E-state index < -0.39 is 6.10 Å². The van der Waals surface area contributed by atoms with Gasteiger partial charge in [-0.05, 0) is 62.9 Å². The average Bonchev–Trinajstić information content (AvgIpc) is 3.16. The van der Waals surface area contributed by atoms with Gasteiger partial charge in [-0.3, -0.25) is 4.79 Å². The maximum atomic E-state index is 11.9. The Morgan fingerprint density at radius 2 is 2.15 bits per heavy atom. The molecule has 1 aromatic rings. The molecule has 2 aliphatic rings. The molecule has 0 bridgehead atoms. The Labute approximate surface area is 119 Å². The van der Waals surface area contributed by atoms with Gasteiger partial charge in [0.15, 0.2) is 6.10 Å². The second kappa shape index (κ2) is 5.44. The number of rotatable bonds is 5. The first-order valence-corrected chi connectivity index (χ1v) is 7.44. The SMILES string of the molecule is CNC1CCc2cc(OC(C)C(=O)NC3CC3)ccc21. The summed E-state index contributed by atoms with van der Waals surface area (Å²) >= 11 is 0. The van der Waals surface area contributed by atoms with E-state index in [1.807, 2.05) is 13.1 Å². The summed E-state index contributed by atoms with van der Waals surface area (Å²) < 4.78 is 5.77. The fraction of sp³-hybridized carbons (Fsp3) is 0.562. The lowest BCUT2D eigenvalue weighted by atomic mass is 10.1. The molecule has 2 atom stereocenters. The van der Waals surface area contributed by atoms with Gasteiger partial charge in [-0.2, -0.15) is 0 Å². The highest BCUT2D eigenvalue weighted by Gasteiger charge is 2.27. The summed E-state index contributed by atoms with van der Waals surface area (Å²) in [6.07, 6.45) is 3.97. The number of hydrogen-bond acceptors (Lipinski definition) is 3. The lowest BCUT2D eigenvalue weighted by Gasteiger charge is -2.16. The molecule has 0 aromatic heterocycles. The number of hydrogen-bond donors (Lipinski definition) is 2. The Hall–Kier alpha value is -1.55. The molecule has 2 N–H and O–H groups in total. The first-order chi connectivity index (χ1) is 9.67. The highest BCUT2D eigenvalue weighted by Crippen LogP contribution is 2.33. The van der Waals surface area contributed by atoms with Gasteiger partial charge in [0.2, 0.25) is 0 Å². The maximum Gasteiger partial charge on any atom is 0.260 e. The van der Waals surface area contributed by atoms with Gasteiger partial charge in [-0.25, -0.2) is 0 Å². The highest BCUT2D eigenvalue weighted by atomic mass is 16.5. The highest BCUT2D eigenvalue weighted by molar-refractivity contribution is 5.81. The first-order valence-electron chi connectivity index (χ1n) is 7.44. The zero-order chi connectivity index (χ0) is 14.1. The lowest BCUT2D eigenvalue weighted by Crippen LogP contribution is -2.37. The number of nitrogens with one attached hydrogen (secondary N) is 2. The molecule has 2 unspecified atom stereocenters. The smallest absolute Gasteiger partial charge is 0.260 e. The third-order valence-electron chi connectivity index (χ3n) is 4.15. The maximum absolute atomic E-state index is 11.9. The van der Waals surface area contributed by atoms with Crippen molar-refractivity contribution in [3.05, 3.63) is 29.3 Å². The molecule has 4 heteroatoms. The minimum absolute atomic E-state index is 0.0129. The molecule has 0 radical (unpaired) electrons. The number of ether oxygens (including phenoxy) is 1. The van der Waals surface area contributed by atoms with Crippen molar-refractivity contribution in [3.8, 4) is 5.75 Å². The van der Waals surface area contributed by atoms with Crippen LogP contribution in [-0.4, -0.2) is 25.1 Å². The Morgan fingerprint density at radius 1 is 1.35 bits per heavy atom. The zero-order valence-corrected chi connectivity index (χ0v) is 12.1. The Bertz CT molecular complexity index is 511. The van der Waals surface area contributed by atoms with Crippen molar-refractivity contribution in [1.82, 2.24) is 10.6 Å². The van der Waals surface area contributed by atoms with Gasteiger partial charge in [0.25, 0.3) is 5.91 Å². The minimum Gasteiger partial charge on any atom is -0.481 e. The average molecular weight is 274 g/mol. The molecule has 0 saturated heterocycles. The predicted octanol–water partition coefficient (Wildman–Crippen LogP) is 1.94. The Morgan fingerprint density at radius 3 is 2.85 bits per heavy atom. The first kappa shape index (κ1) is 13.4. The Balaban J connectivity index is 1.64. The zero-order valence-electron chi connectivity index (χ0n) is 12.1. The summed E-state index contributed by atoms with van der Waals surface area (Å²) in [5, 5.41) is 6.29. The second-order valence-corrected chi connectivity index (χ2v) is 5.78. The van der Waals surface area contributed by atoms with E-state index in [-0.39, 0.29) is 5.91 Å². The number of aryl methyl sites for hydroxylation is 1. The van der Waals surface area contributed by atoms with Crippen LogP contribution in [0.25, 0.3) is 0 Å². The summed E-state index contributed by atoms with van der Waals surface area (Å²) in [5.41, 5.74) is 2.69. The van der Waals surface area contributed by atoms with Crippen molar-refractivity contribution in [2.24, 2.45) is 0 Å². The van der Waals surface area contributed by atoms with Crippen LogP contribution in [0.2, 0.25) is 0 Å². The van der Waals surface area contributed by atoms with Gasteiger partial charge in [0.05, 0.1) is 0 Å². The van der Waals surface area contributed by atoms with Crippen LogP contribution >= 0.6 is 0 Å². The van der Waals surface area contributed by atoms with Crippen molar-refractivity contribution in [1.29, 1.82) is 0 Å². The number of benzene rings is 1. The van der Waals surface area contributed by atoms with Crippen molar-refractivity contribution in [3.63, 3.8) is 0 Å². The van der Waals surface area contributed by atoms with E-state index in [0.29, 0.717) is 12.1 Å². The van der Waals surface area contributed by atoms with E-state index in [2.05, 4.69) is 22.8 Å². The monoisotopic (exact) mass is 274 g/mol. The van der Waals surface area contributed by atoms with Crippen molar-refractivity contribution in [2.75, 3.05) is 7.05 Å².